The maximum absolute atomic E-state index is 13.5. The number of aromatic carboxylic acids is 1. The molecule has 402 valence electrons. The zero-order chi connectivity index (χ0) is 54.5. The van der Waals surface area contributed by atoms with Gasteiger partial charge in [-0.15, -0.1) is 0 Å². The molecule has 1 amide bonds. The van der Waals surface area contributed by atoms with Crippen LogP contribution in [0.4, 0.5) is 0 Å². The molecule has 2 aliphatic heterocycles. The van der Waals surface area contributed by atoms with Gasteiger partial charge in [-0.3, -0.25) is 24.2 Å². The molecule has 10 heterocycles. The smallest absolute Gasteiger partial charge is 0.336 e. The number of ether oxygens (including phenoxy) is 2. The van der Waals surface area contributed by atoms with Crippen molar-refractivity contribution in [2.45, 2.75) is 80.6 Å². The minimum atomic E-state index is -0.897. The number of aryl methyl sites for hydroxylation is 6. The number of morpholine rings is 2. The molecule has 19 nitrogen and oxygen atoms in total. The number of imidazole rings is 2. The summed E-state index contributed by atoms with van der Waals surface area (Å²) < 4.78 is 19.2. The third kappa shape index (κ3) is 12.1. The average Bonchev–Trinajstić information content (AvgIpc) is 4.23. The van der Waals surface area contributed by atoms with Crippen LogP contribution in [-0.4, -0.2) is 117 Å². The normalized spacial score (nSPS) is 15.0. The minimum absolute atomic E-state index is 0.0688. The topological polar surface area (TPSA) is 214 Å². The summed E-state index contributed by atoms with van der Waals surface area (Å²) in [6, 6.07) is 11.8. The van der Waals surface area contributed by atoms with E-state index in [4.69, 9.17) is 21.3 Å². The molecular formula is C56H69ClN12O7. The van der Waals surface area contributed by atoms with E-state index < -0.39 is 5.97 Å². The highest BCUT2D eigenvalue weighted by Gasteiger charge is 2.28. The molecule has 10 rings (SSSR count). The Balaban J connectivity index is 0.000000171. The van der Waals surface area contributed by atoms with Crippen molar-refractivity contribution in [2.75, 3.05) is 52.6 Å². The van der Waals surface area contributed by atoms with Crippen molar-refractivity contribution in [3.63, 3.8) is 0 Å². The molecule has 0 aromatic carbocycles. The summed E-state index contributed by atoms with van der Waals surface area (Å²) in [5.74, 6) is -1.10. The lowest BCUT2D eigenvalue weighted by Gasteiger charge is -2.34. The highest BCUT2D eigenvalue weighted by molar-refractivity contribution is 6.13. The van der Waals surface area contributed by atoms with Gasteiger partial charge in [0, 0.05) is 152 Å². The summed E-state index contributed by atoms with van der Waals surface area (Å²) in [5, 5.41) is 12.7. The lowest BCUT2D eigenvalue weighted by atomic mass is 10.0. The summed E-state index contributed by atoms with van der Waals surface area (Å²) in [4.78, 5) is 70.8. The van der Waals surface area contributed by atoms with Gasteiger partial charge >= 0.3 is 5.97 Å². The lowest BCUT2D eigenvalue weighted by molar-refractivity contribution is 0.0186. The maximum Gasteiger partial charge on any atom is 0.336 e. The molecule has 0 spiro atoms. The Morgan fingerprint density at radius 1 is 0.645 bits per heavy atom. The van der Waals surface area contributed by atoms with E-state index in [9.17, 15) is 24.3 Å². The van der Waals surface area contributed by atoms with Crippen LogP contribution >= 0.6 is 11.8 Å². The number of halogens is 1. The van der Waals surface area contributed by atoms with Crippen LogP contribution < -0.4 is 21.3 Å². The zero-order valence-corrected chi connectivity index (χ0v) is 45.8. The van der Waals surface area contributed by atoms with Crippen molar-refractivity contribution in [1.29, 1.82) is 0 Å². The zero-order valence-electron chi connectivity index (χ0n) is 45.0. The van der Waals surface area contributed by atoms with Crippen molar-refractivity contribution in [1.82, 2.24) is 57.8 Å². The van der Waals surface area contributed by atoms with Crippen LogP contribution in [0, 0.1) is 41.5 Å². The van der Waals surface area contributed by atoms with Gasteiger partial charge in [0.15, 0.2) is 0 Å². The second-order valence-corrected chi connectivity index (χ2v) is 20.1. The Bertz CT molecular complexity index is 3520. The second-order valence-electron chi connectivity index (χ2n) is 19.9. The summed E-state index contributed by atoms with van der Waals surface area (Å²) in [6.07, 6.45) is 11.7. The molecule has 2 aliphatic rings. The monoisotopic (exact) mass is 1060 g/mol. The first-order chi connectivity index (χ1) is 36.3. The number of carbonyl (C=O) groups is 2. The Kier molecular flexibility index (Phi) is 17.3. The predicted molar refractivity (Wildman–Crippen MR) is 294 cm³/mol. The van der Waals surface area contributed by atoms with Crippen LogP contribution in [0.1, 0.15) is 103 Å². The number of nitrogens with one attached hydrogen (secondary N) is 4. The quantitative estimate of drug-likeness (QED) is 0.0766. The van der Waals surface area contributed by atoms with Crippen LogP contribution in [0.15, 0.2) is 83.4 Å². The number of hydrogen-bond acceptors (Lipinski definition) is 11. The van der Waals surface area contributed by atoms with Gasteiger partial charge in [-0.05, 0) is 126 Å². The molecule has 5 N–H and O–H groups in total. The summed E-state index contributed by atoms with van der Waals surface area (Å²) in [6.45, 7) is 22.4. The molecular weight excluding hydrogens is 988 g/mol. The van der Waals surface area contributed by atoms with E-state index in [2.05, 4.69) is 81.0 Å². The van der Waals surface area contributed by atoms with Gasteiger partial charge in [-0.1, -0.05) is 0 Å². The Hall–Kier alpha value is -7.13. The fourth-order valence-electron chi connectivity index (χ4n) is 10.4. The maximum atomic E-state index is 13.5. The molecule has 76 heavy (non-hydrogen) atoms. The van der Waals surface area contributed by atoms with E-state index in [0.29, 0.717) is 55.2 Å². The first-order valence-electron chi connectivity index (χ1n) is 25.5. The van der Waals surface area contributed by atoms with E-state index in [1.807, 2.05) is 101 Å². The third-order valence-electron chi connectivity index (χ3n) is 14.5. The number of aromatic amines is 2. The van der Waals surface area contributed by atoms with Gasteiger partial charge in [0.25, 0.3) is 17.0 Å². The molecule has 20 heteroatoms. The predicted octanol–water partition coefficient (Wildman–Crippen LogP) is 7.25. The average molecular weight is 1060 g/mol. The highest BCUT2D eigenvalue weighted by atomic mass is 35.5. The highest BCUT2D eigenvalue weighted by Crippen LogP contribution is 2.34. The molecule has 2 atom stereocenters. The second kappa shape index (κ2) is 23.8. The van der Waals surface area contributed by atoms with Gasteiger partial charge in [0.1, 0.15) is 0 Å². The van der Waals surface area contributed by atoms with E-state index in [0.717, 1.165) is 105 Å². The number of rotatable bonds is 12. The summed E-state index contributed by atoms with van der Waals surface area (Å²) in [7, 11) is 3.89. The first kappa shape index (κ1) is 55.1. The number of aromatic nitrogens is 8. The van der Waals surface area contributed by atoms with Gasteiger partial charge in [-0.25, -0.2) is 19.6 Å². The number of amides is 1. The van der Waals surface area contributed by atoms with E-state index in [-0.39, 0.29) is 35.7 Å². The number of carbonyl (C=O) groups excluding carboxylic acids is 1. The van der Waals surface area contributed by atoms with Crippen molar-refractivity contribution < 1.29 is 24.2 Å². The van der Waals surface area contributed by atoms with Crippen molar-refractivity contribution in [3.05, 3.63) is 162 Å². The number of hydrogen-bond donors (Lipinski definition) is 5. The molecule has 0 bridgehead atoms. The molecule has 0 saturated carbocycles. The molecule has 0 aliphatic carbocycles. The lowest BCUT2D eigenvalue weighted by Crippen LogP contribution is -2.39. The minimum Gasteiger partial charge on any atom is -0.478 e. The van der Waals surface area contributed by atoms with E-state index in [1.165, 1.54) is 0 Å². The van der Waals surface area contributed by atoms with Gasteiger partial charge in [-0.2, -0.15) is 0 Å². The van der Waals surface area contributed by atoms with Gasteiger partial charge in [0.2, 0.25) is 0 Å². The first-order valence-corrected chi connectivity index (χ1v) is 25.9. The Morgan fingerprint density at radius 2 is 1.07 bits per heavy atom. The van der Waals surface area contributed by atoms with Crippen LogP contribution in [-0.2, 0) is 36.7 Å². The molecule has 8 aromatic heterocycles. The third-order valence-corrected chi connectivity index (χ3v) is 14.6. The van der Waals surface area contributed by atoms with Gasteiger partial charge in [0.05, 0.1) is 56.0 Å². The van der Waals surface area contributed by atoms with Crippen molar-refractivity contribution in [3.8, 4) is 22.5 Å². The van der Waals surface area contributed by atoms with Crippen LogP contribution in [0.5, 0.6) is 0 Å². The van der Waals surface area contributed by atoms with Crippen molar-refractivity contribution in [2.24, 2.45) is 14.1 Å². The number of fused-ring (bicyclic) bond motifs is 2. The van der Waals surface area contributed by atoms with Crippen LogP contribution in [0.3, 0.4) is 0 Å². The molecule has 2 saturated heterocycles. The van der Waals surface area contributed by atoms with Gasteiger partial charge < -0.3 is 47.8 Å². The SMILES string of the molecule is Cc1c(C(=O)O)cc2cc(-c3cn(C)cn3)cn2c1C(C)N1CCOCC1.Cc1cc(C)c(CNC(=O)c2cc3cc(-c4cn(C)cn4)cn3c(C(C)N3CCOCC3)c2C)c(=O)[nH]1.Cc1cc(C)c(CNCl)c(=O)[nH]1. The number of pyridine rings is 4. The number of nitrogens with zero attached hydrogens (tertiary/aromatic N) is 8. The number of carboxylic acids is 1. The van der Waals surface area contributed by atoms with E-state index >= 15 is 0 Å². The fraction of sp³-hybridized carbons (Fsp3) is 0.393. The fourth-order valence-corrected chi connectivity index (χ4v) is 10.6. The summed E-state index contributed by atoms with van der Waals surface area (Å²) in [5.41, 5.74) is 14.8. The molecule has 0 radical (unpaired) electrons. The largest absolute Gasteiger partial charge is 0.478 e. The standard InChI is InChI=1S/C28H34N6O3.C20H24N4O3.C8H11ClN2O/c1-17-10-18(2)31-28(36)24(17)13-29-27(35)23-12-22-11-21(25-15-32(5)16-30-25)14-34(22)26(19(23)3)20(4)33-6-8-37-9-7-33;1-13-17(20(25)26)9-16-8-15(18-11-22(3)12-21-18)10-24(16)19(13)14(2)23-4-6-27-7-5-23;1-5-3-6(2)11-8(12)7(5)4-10-9/h10-12,14-16,20H,6-9,13H2,1-5H3,(H,29,35)(H,31,36);8-12,14H,4-7H2,1-3H3,(H,25,26);3,10H,4H2,1-2H3,(H,11,12). The van der Waals surface area contributed by atoms with Crippen LogP contribution in [0.25, 0.3) is 33.5 Å². The molecule has 2 fully saturated rings. The Morgan fingerprint density at radius 3 is 1.46 bits per heavy atom. The van der Waals surface area contributed by atoms with Crippen LogP contribution in [0.2, 0.25) is 0 Å². The summed E-state index contributed by atoms with van der Waals surface area (Å²) >= 11 is 5.32. The van der Waals surface area contributed by atoms with Crippen molar-refractivity contribution >= 4 is 34.7 Å². The number of H-pyrrole nitrogens is 2. The number of carboxylic acid groups (broad SMARTS) is 1. The Labute approximate surface area is 446 Å². The molecule has 8 aromatic rings. The van der Waals surface area contributed by atoms with E-state index in [1.54, 1.807) is 18.7 Å². The molecule has 2 unspecified atom stereocenters.